The fourth-order valence-corrected chi connectivity index (χ4v) is 2.67. The topological polar surface area (TPSA) is 64.1 Å². The van der Waals surface area contributed by atoms with E-state index in [0.717, 1.165) is 0 Å². The molecule has 1 aliphatic rings. The summed E-state index contributed by atoms with van der Waals surface area (Å²) < 4.78 is 0. The highest BCUT2D eigenvalue weighted by Gasteiger charge is 2.36. The lowest BCUT2D eigenvalue weighted by Gasteiger charge is -2.18. The smallest absolute Gasteiger partial charge is 0.181 e. The van der Waals surface area contributed by atoms with Gasteiger partial charge < -0.3 is 0 Å². The number of rotatable bonds is 2. The number of Topliss-reactive ketones (excluding diaryl/α,β-unsaturated/α-hetero) is 3. The van der Waals surface area contributed by atoms with Crippen LogP contribution in [0.1, 0.15) is 29.6 Å². The molecule has 0 spiro atoms. The minimum absolute atomic E-state index is 0.257. The number of ketones is 3. The number of hydrogen-bond acceptors (Lipinski definition) is 4. The molecule has 0 unspecified atom stereocenters. The number of benzene rings is 1. The van der Waals surface area contributed by atoms with Gasteiger partial charge in [0.05, 0.1) is 5.52 Å². The number of fused-ring (bicyclic) bond motifs is 1. The molecule has 0 amide bonds. The maximum atomic E-state index is 12.6. The van der Waals surface area contributed by atoms with Crippen LogP contribution in [0.15, 0.2) is 36.5 Å². The second-order valence-corrected chi connectivity index (χ2v) is 4.96. The Kier molecular flexibility index (Phi) is 3.14. The van der Waals surface area contributed by atoms with Crippen molar-refractivity contribution in [2.24, 2.45) is 5.92 Å². The zero-order valence-corrected chi connectivity index (χ0v) is 10.8. The lowest BCUT2D eigenvalue weighted by Crippen LogP contribution is -2.35. The van der Waals surface area contributed by atoms with Gasteiger partial charge in [0.2, 0.25) is 0 Å². The predicted octanol–water partition coefficient (Wildman–Crippen LogP) is 2.36. The Bertz CT molecular complexity index is 699. The van der Waals surface area contributed by atoms with Crippen molar-refractivity contribution in [3.05, 3.63) is 42.1 Å². The second kappa shape index (κ2) is 4.96. The number of pyridine rings is 1. The van der Waals surface area contributed by atoms with Crippen LogP contribution in [0.2, 0.25) is 0 Å². The van der Waals surface area contributed by atoms with Crippen molar-refractivity contribution in [2.75, 3.05) is 0 Å². The first-order valence-corrected chi connectivity index (χ1v) is 6.62. The number of aromatic nitrogens is 1. The van der Waals surface area contributed by atoms with Crippen LogP contribution < -0.4 is 0 Å². The van der Waals surface area contributed by atoms with Gasteiger partial charge >= 0.3 is 0 Å². The van der Waals surface area contributed by atoms with E-state index in [1.54, 1.807) is 36.5 Å². The average molecular weight is 267 g/mol. The van der Waals surface area contributed by atoms with E-state index in [1.165, 1.54) is 0 Å². The molecular formula is C16H13NO3. The fourth-order valence-electron chi connectivity index (χ4n) is 2.67. The number of carbonyl (C=O) groups excluding carboxylic acids is 3. The van der Waals surface area contributed by atoms with E-state index in [2.05, 4.69) is 4.98 Å². The summed E-state index contributed by atoms with van der Waals surface area (Å²) in [7, 11) is 0. The molecular weight excluding hydrogens is 254 g/mol. The summed E-state index contributed by atoms with van der Waals surface area (Å²) in [6, 6.07) is 8.70. The first-order chi connectivity index (χ1) is 9.68. The van der Waals surface area contributed by atoms with E-state index in [1.807, 2.05) is 0 Å². The standard InChI is InChI=1S/C16H13NO3/c18-13-7-2-8-14(19)15(13)16(20)11-4-1-6-12-10(11)5-3-9-17-12/h1,3-6,9,15H,2,7-8H2. The van der Waals surface area contributed by atoms with Gasteiger partial charge in [-0.05, 0) is 18.6 Å². The van der Waals surface area contributed by atoms with Crippen molar-refractivity contribution in [3.8, 4) is 0 Å². The minimum Gasteiger partial charge on any atom is -0.298 e. The first kappa shape index (κ1) is 12.7. The lowest BCUT2D eigenvalue weighted by molar-refractivity contribution is -0.133. The third kappa shape index (κ3) is 2.03. The van der Waals surface area contributed by atoms with E-state index >= 15 is 0 Å². The highest BCUT2D eigenvalue weighted by molar-refractivity contribution is 6.27. The molecule has 100 valence electrons. The van der Waals surface area contributed by atoms with E-state index in [4.69, 9.17) is 0 Å². The number of carbonyl (C=O) groups is 3. The zero-order chi connectivity index (χ0) is 14.1. The van der Waals surface area contributed by atoms with Gasteiger partial charge in [-0.1, -0.05) is 18.2 Å². The molecule has 0 N–H and O–H groups in total. The summed E-state index contributed by atoms with van der Waals surface area (Å²) in [6.07, 6.45) is 2.82. The summed E-state index contributed by atoms with van der Waals surface area (Å²) in [5, 5.41) is 0.686. The van der Waals surface area contributed by atoms with Crippen LogP contribution in [0.5, 0.6) is 0 Å². The second-order valence-electron chi connectivity index (χ2n) is 4.96. The quantitative estimate of drug-likeness (QED) is 0.619. The third-order valence-electron chi connectivity index (χ3n) is 3.66. The van der Waals surface area contributed by atoms with Gasteiger partial charge in [-0.15, -0.1) is 0 Å². The van der Waals surface area contributed by atoms with Gasteiger partial charge in [0.15, 0.2) is 17.3 Å². The van der Waals surface area contributed by atoms with Gasteiger partial charge in [-0.2, -0.15) is 0 Å². The van der Waals surface area contributed by atoms with Crippen molar-refractivity contribution in [1.82, 2.24) is 4.98 Å². The first-order valence-electron chi connectivity index (χ1n) is 6.62. The predicted molar refractivity (Wildman–Crippen MR) is 73.4 cm³/mol. The molecule has 1 aromatic heterocycles. The van der Waals surface area contributed by atoms with Crippen LogP contribution in [-0.4, -0.2) is 22.3 Å². The Hall–Kier alpha value is -2.36. The Morgan fingerprint density at radius 2 is 1.80 bits per heavy atom. The summed E-state index contributed by atoms with van der Waals surface area (Å²) in [4.78, 5) is 40.5. The van der Waals surface area contributed by atoms with Crippen LogP contribution in [0.25, 0.3) is 10.9 Å². The normalized spacial score (nSPS) is 16.6. The molecule has 20 heavy (non-hydrogen) atoms. The molecule has 0 radical (unpaired) electrons. The van der Waals surface area contributed by atoms with Crippen LogP contribution in [0, 0.1) is 5.92 Å². The fraction of sp³-hybridized carbons (Fsp3) is 0.250. The SMILES string of the molecule is O=C1CCCC(=O)C1C(=O)c1cccc2ncccc12. The Labute approximate surface area is 115 Å². The van der Waals surface area contributed by atoms with E-state index in [-0.39, 0.29) is 11.6 Å². The van der Waals surface area contributed by atoms with Crippen molar-refractivity contribution < 1.29 is 14.4 Å². The van der Waals surface area contributed by atoms with Crippen molar-refractivity contribution in [2.45, 2.75) is 19.3 Å². The van der Waals surface area contributed by atoms with Crippen molar-refractivity contribution in [3.63, 3.8) is 0 Å². The minimum atomic E-state index is -1.12. The molecule has 2 aromatic rings. The summed E-state index contributed by atoms with van der Waals surface area (Å²) in [5.74, 6) is -2.02. The highest BCUT2D eigenvalue weighted by atomic mass is 16.2. The van der Waals surface area contributed by atoms with Gasteiger partial charge in [0, 0.05) is 30.0 Å². The number of hydrogen-bond donors (Lipinski definition) is 0. The van der Waals surface area contributed by atoms with E-state index in [0.29, 0.717) is 35.7 Å². The molecule has 1 saturated carbocycles. The molecule has 0 saturated heterocycles. The van der Waals surface area contributed by atoms with Gasteiger partial charge in [-0.25, -0.2) is 0 Å². The molecule has 4 nitrogen and oxygen atoms in total. The molecule has 0 bridgehead atoms. The van der Waals surface area contributed by atoms with Crippen LogP contribution in [-0.2, 0) is 9.59 Å². The Morgan fingerprint density at radius 3 is 2.55 bits per heavy atom. The molecule has 0 atom stereocenters. The van der Waals surface area contributed by atoms with Crippen LogP contribution in [0.3, 0.4) is 0 Å². The van der Waals surface area contributed by atoms with Gasteiger partial charge in [0.1, 0.15) is 5.92 Å². The molecule has 3 rings (SSSR count). The highest BCUT2D eigenvalue weighted by Crippen LogP contribution is 2.25. The van der Waals surface area contributed by atoms with E-state index < -0.39 is 11.7 Å². The molecule has 1 heterocycles. The Morgan fingerprint density at radius 1 is 1.05 bits per heavy atom. The van der Waals surface area contributed by atoms with E-state index in [9.17, 15) is 14.4 Å². The molecule has 1 aromatic carbocycles. The average Bonchev–Trinajstić information content (AvgIpc) is 2.46. The molecule has 0 aliphatic heterocycles. The van der Waals surface area contributed by atoms with Crippen LogP contribution >= 0.6 is 0 Å². The number of nitrogens with zero attached hydrogens (tertiary/aromatic N) is 1. The molecule has 1 fully saturated rings. The summed E-state index contributed by atoms with van der Waals surface area (Å²) in [5.41, 5.74) is 1.10. The monoisotopic (exact) mass is 267 g/mol. The van der Waals surface area contributed by atoms with Gasteiger partial charge in [-0.3, -0.25) is 19.4 Å². The van der Waals surface area contributed by atoms with Gasteiger partial charge in [0.25, 0.3) is 0 Å². The third-order valence-corrected chi connectivity index (χ3v) is 3.66. The Balaban J connectivity index is 2.08. The maximum Gasteiger partial charge on any atom is 0.181 e. The van der Waals surface area contributed by atoms with Crippen molar-refractivity contribution >= 4 is 28.3 Å². The molecule has 1 aliphatic carbocycles. The zero-order valence-electron chi connectivity index (χ0n) is 10.8. The van der Waals surface area contributed by atoms with Crippen LogP contribution in [0.4, 0.5) is 0 Å². The summed E-state index contributed by atoms with van der Waals surface area (Å²) >= 11 is 0. The molecule has 4 heteroatoms. The maximum absolute atomic E-state index is 12.6. The largest absolute Gasteiger partial charge is 0.298 e. The lowest BCUT2D eigenvalue weighted by atomic mass is 9.81. The van der Waals surface area contributed by atoms with Crippen molar-refractivity contribution in [1.29, 1.82) is 0 Å². The summed E-state index contributed by atoms with van der Waals surface area (Å²) in [6.45, 7) is 0.